The zero-order valence-corrected chi connectivity index (χ0v) is 8.16. The molecule has 2 amide bonds. The van der Waals surface area contributed by atoms with Gasteiger partial charge in [0.25, 0.3) is 0 Å². The normalized spacial score (nSPS) is 18.1. The molecular weight excluding hydrogens is 166 g/mol. The van der Waals surface area contributed by atoms with E-state index in [0.29, 0.717) is 0 Å². The van der Waals surface area contributed by atoms with Crippen LogP contribution in [0.25, 0.3) is 0 Å². The molecule has 0 bridgehead atoms. The number of urea groups is 1. The second-order valence-electron chi connectivity index (χ2n) is 3.39. The van der Waals surface area contributed by atoms with Gasteiger partial charge in [-0.2, -0.15) is 5.26 Å². The maximum Gasteiger partial charge on any atom is 0.320 e. The Hall–Kier alpha value is -1.24. The molecule has 1 saturated heterocycles. The van der Waals surface area contributed by atoms with Gasteiger partial charge in [0.2, 0.25) is 0 Å². The van der Waals surface area contributed by atoms with Crippen molar-refractivity contribution in [1.82, 2.24) is 9.80 Å². The summed E-state index contributed by atoms with van der Waals surface area (Å²) in [5.74, 6) is 0. The summed E-state index contributed by atoms with van der Waals surface area (Å²) in [6.07, 6.45) is 2.17. The molecule has 1 aliphatic heterocycles. The van der Waals surface area contributed by atoms with E-state index in [1.807, 2.05) is 6.07 Å². The molecule has 0 aromatic heterocycles. The SMILES string of the molecule is CC(C#N)N(C)C(=O)N1CCCC1. The molecule has 1 rings (SSSR count). The first kappa shape index (κ1) is 9.85. The van der Waals surface area contributed by atoms with E-state index in [1.54, 1.807) is 18.9 Å². The van der Waals surface area contributed by atoms with Gasteiger partial charge in [0, 0.05) is 20.1 Å². The fraction of sp³-hybridized carbons (Fsp3) is 0.778. The van der Waals surface area contributed by atoms with Crippen molar-refractivity contribution in [2.24, 2.45) is 0 Å². The lowest BCUT2D eigenvalue weighted by atomic mass is 10.3. The first-order valence-electron chi connectivity index (χ1n) is 4.58. The van der Waals surface area contributed by atoms with E-state index in [-0.39, 0.29) is 12.1 Å². The van der Waals surface area contributed by atoms with E-state index in [2.05, 4.69) is 0 Å². The third-order valence-electron chi connectivity index (χ3n) is 2.45. The predicted molar refractivity (Wildman–Crippen MR) is 49.0 cm³/mol. The fourth-order valence-corrected chi connectivity index (χ4v) is 1.38. The van der Waals surface area contributed by atoms with Crippen LogP contribution < -0.4 is 0 Å². The maximum atomic E-state index is 11.6. The van der Waals surface area contributed by atoms with E-state index in [0.717, 1.165) is 25.9 Å². The molecular formula is C9H15N3O. The standard InChI is InChI=1S/C9H15N3O/c1-8(7-10)11(2)9(13)12-5-3-4-6-12/h8H,3-6H2,1-2H3. The highest BCUT2D eigenvalue weighted by Crippen LogP contribution is 2.10. The molecule has 0 N–H and O–H groups in total. The Balaban J connectivity index is 2.51. The minimum atomic E-state index is -0.340. The van der Waals surface area contributed by atoms with E-state index >= 15 is 0 Å². The molecule has 1 atom stereocenters. The van der Waals surface area contributed by atoms with Gasteiger partial charge in [-0.25, -0.2) is 4.79 Å². The average Bonchev–Trinajstić information content (AvgIpc) is 2.67. The Morgan fingerprint density at radius 3 is 2.54 bits per heavy atom. The molecule has 0 aromatic carbocycles. The maximum absolute atomic E-state index is 11.6. The van der Waals surface area contributed by atoms with Crippen molar-refractivity contribution in [2.45, 2.75) is 25.8 Å². The van der Waals surface area contributed by atoms with Gasteiger partial charge in [-0.05, 0) is 19.8 Å². The number of carbonyl (C=O) groups is 1. The summed E-state index contributed by atoms with van der Waals surface area (Å²) in [6.45, 7) is 3.40. The highest BCUT2D eigenvalue weighted by atomic mass is 16.2. The van der Waals surface area contributed by atoms with E-state index in [9.17, 15) is 4.79 Å². The van der Waals surface area contributed by atoms with Crippen molar-refractivity contribution < 1.29 is 4.79 Å². The van der Waals surface area contributed by atoms with Crippen LogP contribution in [0.4, 0.5) is 4.79 Å². The second kappa shape index (κ2) is 4.13. The number of rotatable bonds is 1. The molecule has 1 fully saturated rings. The number of nitrogens with zero attached hydrogens (tertiary/aromatic N) is 3. The van der Waals surface area contributed by atoms with Gasteiger partial charge in [0.1, 0.15) is 6.04 Å². The number of amides is 2. The highest BCUT2D eigenvalue weighted by Gasteiger charge is 2.23. The average molecular weight is 181 g/mol. The van der Waals surface area contributed by atoms with Crippen molar-refractivity contribution in [2.75, 3.05) is 20.1 Å². The van der Waals surface area contributed by atoms with Crippen LogP contribution in [0.2, 0.25) is 0 Å². The van der Waals surface area contributed by atoms with Crippen LogP contribution in [0, 0.1) is 11.3 Å². The van der Waals surface area contributed by atoms with Crippen molar-refractivity contribution in [3.63, 3.8) is 0 Å². The summed E-state index contributed by atoms with van der Waals surface area (Å²) in [5, 5.41) is 8.63. The fourth-order valence-electron chi connectivity index (χ4n) is 1.38. The molecule has 4 nitrogen and oxygen atoms in total. The Morgan fingerprint density at radius 2 is 2.08 bits per heavy atom. The quantitative estimate of drug-likeness (QED) is 0.607. The van der Waals surface area contributed by atoms with Crippen molar-refractivity contribution in [3.05, 3.63) is 0 Å². The number of carbonyl (C=O) groups excluding carboxylic acids is 1. The van der Waals surface area contributed by atoms with Gasteiger partial charge < -0.3 is 9.80 Å². The molecule has 0 aliphatic carbocycles. The van der Waals surface area contributed by atoms with Gasteiger partial charge in [-0.3, -0.25) is 0 Å². The van der Waals surface area contributed by atoms with Crippen molar-refractivity contribution in [1.29, 1.82) is 5.26 Å². The third kappa shape index (κ3) is 2.11. The molecule has 0 saturated carbocycles. The van der Waals surface area contributed by atoms with Gasteiger partial charge in [0.05, 0.1) is 6.07 Å². The lowest BCUT2D eigenvalue weighted by molar-refractivity contribution is 0.167. The van der Waals surface area contributed by atoms with Crippen LogP contribution in [-0.2, 0) is 0 Å². The first-order chi connectivity index (χ1) is 6.16. The summed E-state index contributed by atoms with van der Waals surface area (Å²) < 4.78 is 0. The molecule has 0 spiro atoms. The topological polar surface area (TPSA) is 47.3 Å². The molecule has 72 valence electrons. The van der Waals surface area contributed by atoms with Gasteiger partial charge in [-0.1, -0.05) is 0 Å². The lowest BCUT2D eigenvalue weighted by Crippen LogP contribution is -2.43. The second-order valence-corrected chi connectivity index (χ2v) is 3.39. The first-order valence-corrected chi connectivity index (χ1v) is 4.58. The monoisotopic (exact) mass is 181 g/mol. The lowest BCUT2D eigenvalue weighted by Gasteiger charge is -2.25. The summed E-state index contributed by atoms with van der Waals surface area (Å²) >= 11 is 0. The predicted octanol–water partition coefficient (Wildman–Crippen LogP) is 1.05. The largest absolute Gasteiger partial charge is 0.325 e. The highest BCUT2D eigenvalue weighted by molar-refractivity contribution is 5.75. The zero-order valence-electron chi connectivity index (χ0n) is 8.16. The number of nitriles is 1. The Kier molecular flexibility index (Phi) is 3.13. The summed E-state index contributed by atoms with van der Waals surface area (Å²) in [4.78, 5) is 14.9. The molecule has 4 heteroatoms. The summed E-state index contributed by atoms with van der Waals surface area (Å²) in [7, 11) is 1.68. The molecule has 13 heavy (non-hydrogen) atoms. The van der Waals surface area contributed by atoms with Crippen LogP contribution >= 0.6 is 0 Å². The zero-order chi connectivity index (χ0) is 9.84. The minimum Gasteiger partial charge on any atom is -0.325 e. The number of hydrogen-bond acceptors (Lipinski definition) is 2. The van der Waals surface area contributed by atoms with Gasteiger partial charge in [0.15, 0.2) is 0 Å². The van der Waals surface area contributed by atoms with E-state index < -0.39 is 0 Å². The van der Waals surface area contributed by atoms with Crippen LogP contribution in [0.15, 0.2) is 0 Å². The number of hydrogen-bond donors (Lipinski definition) is 0. The third-order valence-corrected chi connectivity index (χ3v) is 2.45. The molecule has 0 aromatic rings. The van der Waals surface area contributed by atoms with E-state index in [4.69, 9.17) is 5.26 Å². The summed E-state index contributed by atoms with van der Waals surface area (Å²) in [5.41, 5.74) is 0. The van der Waals surface area contributed by atoms with Crippen molar-refractivity contribution >= 4 is 6.03 Å². The Labute approximate surface area is 78.7 Å². The van der Waals surface area contributed by atoms with E-state index in [1.165, 1.54) is 4.90 Å². The number of likely N-dealkylation sites (tertiary alicyclic amines) is 1. The van der Waals surface area contributed by atoms with Crippen molar-refractivity contribution in [3.8, 4) is 6.07 Å². The Morgan fingerprint density at radius 1 is 1.54 bits per heavy atom. The van der Waals surface area contributed by atoms with Gasteiger partial charge >= 0.3 is 6.03 Å². The van der Waals surface area contributed by atoms with Gasteiger partial charge in [-0.15, -0.1) is 0 Å². The van der Waals surface area contributed by atoms with Crippen LogP contribution in [0.1, 0.15) is 19.8 Å². The Bertz CT molecular complexity index is 228. The molecule has 1 unspecified atom stereocenters. The molecule has 1 heterocycles. The minimum absolute atomic E-state index is 0.0217. The summed E-state index contributed by atoms with van der Waals surface area (Å²) in [6, 6.07) is 1.69. The van der Waals surface area contributed by atoms with Crippen LogP contribution in [0.5, 0.6) is 0 Å². The molecule has 0 radical (unpaired) electrons. The smallest absolute Gasteiger partial charge is 0.320 e. The molecule has 1 aliphatic rings. The van der Waals surface area contributed by atoms with Crippen LogP contribution in [-0.4, -0.2) is 42.0 Å². The van der Waals surface area contributed by atoms with Crippen LogP contribution in [0.3, 0.4) is 0 Å².